The van der Waals surface area contributed by atoms with E-state index in [-0.39, 0.29) is 5.78 Å². The van der Waals surface area contributed by atoms with Crippen LogP contribution in [0.25, 0.3) is 0 Å². The molecule has 1 heterocycles. The highest BCUT2D eigenvalue weighted by atomic mass is 16.1. The van der Waals surface area contributed by atoms with Crippen LogP contribution in [-0.2, 0) is 13.5 Å². The van der Waals surface area contributed by atoms with Gasteiger partial charge in [-0.05, 0) is 12.5 Å². The van der Waals surface area contributed by atoms with E-state index < -0.39 is 0 Å². The van der Waals surface area contributed by atoms with Crippen LogP contribution >= 0.6 is 0 Å². The van der Waals surface area contributed by atoms with Crippen LogP contribution in [0.3, 0.4) is 0 Å². The zero-order valence-electron chi connectivity index (χ0n) is 8.50. The molecule has 0 spiro atoms. The molecule has 0 aliphatic rings. The zero-order valence-corrected chi connectivity index (χ0v) is 8.50. The van der Waals surface area contributed by atoms with E-state index in [1.165, 1.54) is 0 Å². The van der Waals surface area contributed by atoms with E-state index in [0.717, 1.165) is 18.5 Å². The maximum atomic E-state index is 11.3. The molecule has 0 atom stereocenters. The van der Waals surface area contributed by atoms with Gasteiger partial charge in [0, 0.05) is 19.2 Å². The Kier molecular flexibility index (Phi) is 3.23. The van der Waals surface area contributed by atoms with Crippen LogP contribution in [0.5, 0.6) is 0 Å². The number of nitrogens with zero attached hydrogens (tertiary/aromatic N) is 2. The van der Waals surface area contributed by atoms with Crippen LogP contribution in [0.4, 0.5) is 0 Å². The van der Waals surface area contributed by atoms with Gasteiger partial charge in [-0.3, -0.25) is 9.48 Å². The Balaban J connectivity index is 2.88. The van der Waals surface area contributed by atoms with Crippen molar-refractivity contribution in [1.29, 1.82) is 0 Å². The summed E-state index contributed by atoms with van der Waals surface area (Å²) in [7, 11) is 1.89. The molecule has 3 nitrogen and oxygen atoms in total. The van der Waals surface area contributed by atoms with Gasteiger partial charge in [-0.1, -0.05) is 20.3 Å². The lowest BCUT2D eigenvalue weighted by molar-refractivity contribution is 0.0982. The third-order valence-corrected chi connectivity index (χ3v) is 2.09. The highest BCUT2D eigenvalue weighted by Gasteiger charge is 2.09. The SMILES string of the molecule is CCCc1cc(C(=O)CC)nn1C. The summed E-state index contributed by atoms with van der Waals surface area (Å²) in [5.41, 5.74) is 1.74. The van der Waals surface area contributed by atoms with Crippen molar-refractivity contribution in [1.82, 2.24) is 9.78 Å². The fourth-order valence-electron chi connectivity index (χ4n) is 1.31. The number of ketones is 1. The lowest BCUT2D eigenvalue weighted by Gasteiger charge is -1.95. The van der Waals surface area contributed by atoms with E-state index in [9.17, 15) is 4.79 Å². The average molecular weight is 180 g/mol. The fourth-order valence-corrected chi connectivity index (χ4v) is 1.31. The Labute approximate surface area is 78.8 Å². The molecule has 0 unspecified atom stereocenters. The van der Waals surface area contributed by atoms with Gasteiger partial charge in [0.05, 0.1) is 0 Å². The second kappa shape index (κ2) is 4.21. The topological polar surface area (TPSA) is 34.9 Å². The number of carbonyl (C=O) groups is 1. The smallest absolute Gasteiger partial charge is 0.182 e. The predicted molar refractivity (Wildman–Crippen MR) is 51.8 cm³/mol. The lowest BCUT2D eigenvalue weighted by atomic mass is 10.2. The van der Waals surface area contributed by atoms with Gasteiger partial charge in [-0.2, -0.15) is 5.10 Å². The van der Waals surface area contributed by atoms with E-state index in [1.54, 1.807) is 4.68 Å². The van der Waals surface area contributed by atoms with Gasteiger partial charge < -0.3 is 0 Å². The number of aromatic nitrogens is 2. The minimum atomic E-state index is 0.123. The van der Waals surface area contributed by atoms with E-state index in [0.29, 0.717) is 12.1 Å². The van der Waals surface area contributed by atoms with Gasteiger partial charge in [-0.15, -0.1) is 0 Å². The first-order chi connectivity index (χ1) is 6.19. The summed E-state index contributed by atoms with van der Waals surface area (Å²) >= 11 is 0. The second-order valence-corrected chi connectivity index (χ2v) is 3.17. The summed E-state index contributed by atoms with van der Waals surface area (Å²) in [6, 6.07) is 1.90. The Hall–Kier alpha value is -1.12. The Morgan fingerprint density at radius 2 is 2.23 bits per heavy atom. The molecule has 72 valence electrons. The van der Waals surface area contributed by atoms with Crippen molar-refractivity contribution < 1.29 is 4.79 Å². The monoisotopic (exact) mass is 180 g/mol. The fraction of sp³-hybridized carbons (Fsp3) is 0.600. The zero-order chi connectivity index (χ0) is 9.84. The normalized spacial score (nSPS) is 10.4. The molecule has 1 aromatic rings. The molecule has 0 radical (unpaired) electrons. The van der Waals surface area contributed by atoms with Crippen molar-refractivity contribution >= 4 is 5.78 Å². The second-order valence-electron chi connectivity index (χ2n) is 3.17. The first kappa shape index (κ1) is 9.96. The van der Waals surface area contributed by atoms with Crippen molar-refractivity contribution in [2.45, 2.75) is 33.1 Å². The number of rotatable bonds is 4. The van der Waals surface area contributed by atoms with Gasteiger partial charge in [0.1, 0.15) is 5.69 Å². The molecule has 0 saturated heterocycles. The third-order valence-electron chi connectivity index (χ3n) is 2.09. The molecular weight excluding hydrogens is 164 g/mol. The Morgan fingerprint density at radius 1 is 1.54 bits per heavy atom. The molecule has 0 aliphatic heterocycles. The maximum absolute atomic E-state index is 11.3. The van der Waals surface area contributed by atoms with Crippen LogP contribution in [0.2, 0.25) is 0 Å². The van der Waals surface area contributed by atoms with Crippen molar-refractivity contribution in [3.63, 3.8) is 0 Å². The van der Waals surface area contributed by atoms with Gasteiger partial charge in [0.25, 0.3) is 0 Å². The van der Waals surface area contributed by atoms with Crippen molar-refractivity contribution in [3.8, 4) is 0 Å². The molecule has 0 N–H and O–H groups in total. The minimum Gasteiger partial charge on any atom is -0.292 e. The van der Waals surface area contributed by atoms with Gasteiger partial charge >= 0.3 is 0 Å². The van der Waals surface area contributed by atoms with Crippen LogP contribution in [0, 0.1) is 0 Å². The minimum absolute atomic E-state index is 0.123. The summed E-state index contributed by atoms with van der Waals surface area (Å²) in [6.07, 6.45) is 2.60. The first-order valence-electron chi connectivity index (χ1n) is 4.75. The largest absolute Gasteiger partial charge is 0.292 e. The summed E-state index contributed by atoms with van der Waals surface area (Å²) in [6.45, 7) is 3.98. The number of carbonyl (C=O) groups excluding carboxylic acids is 1. The first-order valence-corrected chi connectivity index (χ1v) is 4.75. The number of Topliss-reactive ketones (excluding diaryl/α,β-unsaturated/α-hetero) is 1. The van der Waals surface area contributed by atoms with Gasteiger partial charge in [0.2, 0.25) is 0 Å². The standard InChI is InChI=1S/C10H16N2O/c1-4-6-8-7-9(10(13)5-2)11-12(8)3/h7H,4-6H2,1-3H3. The number of hydrogen-bond donors (Lipinski definition) is 0. The Morgan fingerprint density at radius 3 is 2.77 bits per heavy atom. The van der Waals surface area contributed by atoms with E-state index >= 15 is 0 Å². The van der Waals surface area contributed by atoms with Gasteiger partial charge in [0.15, 0.2) is 5.78 Å². The third kappa shape index (κ3) is 2.17. The molecular formula is C10H16N2O. The molecule has 1 aromatic heterocycles. The molecule has 0 saturated carbocycles. The van der Waals surface area contributed by atoms with Crippen molar-refractivity contribution in [2.75, 3.05) is 0 Å². The number of hydrogen-bond acceptors (Lipinski definition) is 2. The molecule has 0 aromatic carbocycles. The quantitative estimate of drug-likeness (QED) is 0.664. The Bertz CT molecular complexity index is 302. The maximum Gasteiger partial charge on any atom is 0.182 e. The highest BCUT2D eigenvalue weighted by molar-refractivity contribution is 5.94. The average Bonchev–Trinajstić information content (AvgIpc) is 2.47. The van der Waals surface area contributed by atoms with Crippen LogP contribution in [0.15, 0.2) is 6.07 Å². The molecule has 0 fully saturated rings. The summed E-state index contributed by atoms with van der Waals surface area (Å²) in [4.78, 5) is 11.3. The molecule has 13 heavy (non-hydrogen) atoms. The highest BCUT2D eigenvalue weighted by Crippen LogP contribution is 2.07. The van der Waals surface area contributed by atoms with Crippen molar-refractivity contribution in [2.24, 2.45) is 7.05 Å². The van der Waals surface area contributed by atoms with E-state index in [4.69, 9.17) is 0 Å². The molecule has 0 bridgehead atoms. The van der Waals surface area contributed by atoms with Crippen LogP contribution < -0.4 is 0 Å². The summed E-state index contributed by atoms with van der Waals surface area (Å²) in [5.74, 6) is 0.123. The van der Waals surface area contributed by atoms with Crippen LogP contribution in [0.1, 0.15) is 42.9 Å². The predicted octanol–water partition coefficient (Wildman–Crippen LogP) is 1.97. The van der Waals surface area contributed by atoms with Crippen molar-refractivity contribution in [3.05, 3.63) is 17.5 Å². The molecule has 1 rings (SSSR count). The number of aryl methyl sites for hydroxylation is 2. The van der Waals surface area contributed by atoms with E-state index in [2.05, 4.69) is 12.0 Å². The molecule has 0 aliphatic carbocycles. The summed E-state index contributed by atoms with van der Waals surface area (Å²) in [5, 5.41) is 4.17. The summed E-state index contributed by atoms with van der Waals surface area (Å²) < 4.78 is 1.80. The van der Waals surface area contributed by atoms with Crippen LogP contribution in [-0.4, -0.2) is 15.6 Å². The van der Waals surface area contributed by atoms with E-state index in [1.807, 2.05) is 20.0 Å². The molecule has 0 amide bonds. The molecule has 3 heteroatoms. The van der Waals surface area contributed by atoms with Gasteiger partial charge in [-0.25, -0.2) is 0 Å². The lowest BCUT2D eigenvalue weighted by Crippen LogP contribution is -2.00.